The van der Waals surface area contributed by atoms with Gasteiger partial charge in [-0.1, -0.05) is 0 Å². The summed E-state index contributed by atoms with van der Waals surface area (Å²) in [6.07, 6.45) is 15.4. The minimum atomic E-state index is -2.64. The SMILES string of the molecule is ICCCCCCCCC=CCP(I)(c1ccccc1)(c1ccccc1)c1ccccc1. The number of hydrogen-bond donors (Lipinski definition) is 0. The summed E-state index contributed by atoms with van der Waals surface area (Å²) in [5.41, 5.74) is 0. The fraction of sp³-hybridized carbons (Fsp3) is 0.310. The van der Waals surface area contributed by atoms with Crippen LogP contribution >= 0.6 is 48.9 Å². The molecule has 3 aromatic rings. The fourth-order valence-electron chi connectivity index (χ4n) is 4.43. The summed E-state index contributed by atoms with van der Waals surface area (Å²) >= 11 is 5.36. The second-order valence-electron chi connectivity index (χ2n) is 8.44. The Bertz CT molecular complexity index is 839. The molecule has 0 fully saturated rings. The Labute approximate surface area is 221 Å². The van der Waals surface area contributed by atoms with Crippen molar-refractivity contribution in [2.75, 3.05) is 10.6 Å². The van der Waals surface area contributed by atoms with E-state index in [0.29, 0.717) is 0 Å². The van der Waals surface area contributed by atoms with Crippen LogP contribution in [0.1, 0.15) is 44.9 Å². The average molecular weight is 668 g/mol. The Morgan fingerprint density at radius 2 is 0.938 bits per heavy atom. The molecule has 3 heteroatoms. The van der Waals surface area contributed by atoms with Gasteiger partial charge in [0.25, 0.3) is 0 Å². The molecule has 0 spiro atoms. The maximum atomic E-state index is 2.87. The van der Waals surface area contributed by atoms with Crippen LogP contribution in [-0.4, -0.2) is 10.6 Å². The third kappa shape index (κ3) is 6.24. The van der Waals surface area contributed by atoms with Gasteiger partial charge in [0, 0.05) is 0 Å². The Kier molecular flexibility index (Phi) is 10.7. The number of halogens is 2. The summed E-state index contributed by atoms with van der Waals surface area (Å²) in [6, 6.07) is 33.6. The molecule has 0 aliphatic carbocycles. The molecular formula is C29H35I2P. The molecule has 170 valence electrons. The molecule has 0 saturated heterocycles. The first-order valence-electron chi connectivity index (χ1n) is 11.8. The van der Waals surface area contributed by atoms with Gasteiger partial charge in [0.1, 0.15) is 0 Å². The topological polar surface area (TPSA) is 0 Å². The molecule has 0 nitrogen and oxygen atoms in total. The molecule has 0 unspecified atom stereocenters. The second-order valence-corrected chi connectivity index (χ2v) is 20.2. The molecule has 0 aromatic heterocycles. The van der Waals surface area contributed by atoms with Crippen molar-refractivity contribution in [2.24, 2.45) is 0 Å². The predicted octanol–water partition coefficient (Wildman–Crippen LogP) is 8.59. The first kappa shape index (κ1) is 25.9. The van der Waals surface area contributed by atoms with E-state index in [0.717, 1.165) is 6.16 Å². The Morgan fingerprint density at radius 3 is 1.38 bits per heavy atom. The summed E-state index contributed by atoms with van der Waals surface area (Å²) in [5, 5.41) is 4.37. The summed E-state index contributed by atoms with van der Waals surface area (Å²) in [7, 11) is 0. The van der Waals surface area contributed by atoms with Gasteiger partial charge in [-0.25, -0.2) is 0 Å². The standard InChI is InChI=1S/C29H35I2P/c30-25-17-6-4-2-1-3-5-7-18-26-32(31,27-19-11-8-12-20-27,28-21-13-9-14-22-28)29-23-15-10-16-24-29/h7-16,18-24H,1-6,17,25-26H2. The molecule has 0 atom stereocenters. The van der Waals surface area contributed by atoms with Crippen LogP contribution in [-0.2, 0) is 0 Å². The average Bonchev–Trinajstić information content (AvgIpc) is 2.87. The van der Waals surface area contributed by atoms with E-state index in [-0.39, 0.29) is 0 Å². The van der Waals surface area contributed by atoms with E-state index in [4.69, 9.17) is 0 Å². The number of alkyl halides is 1. The Morgan fingerprint density at radius 1 is 0.531 bits per heavy atom. The van der Waals surface area contributed by atoms with Gasteiger partial charge in [-0.3, -0.25) is 0 Å². The molecule has 3 rings (SSSR count). The molecular weight excluding hydrogens is 633 g/mol. The van der Waals surface area contributed by atoms with Crippen molar-refractivity contribution in [1.82, 2.24) is 0 Å². The van der Waals surface area contributed by atoms with Gasteiger partial charge in [0.2, 0.25) is 0 Å². The first-order chi connectivity index (χ1) is 15.7. The van der Waals surface area contributed by atoms with Crippen molar-refractivity contribution in [2.45, 2.75) is 44.9 Å². The third-order valence-electron chi connectivity index (χ3n) is 6.25. The van der Waals surface area contributed by atoms with Gasteiger partial charge >= 0.3 is 223 Å². The first-order valence-corrected chi connectivity index (χ1v) is 18.5. The van der Waals surface area contributed by atoms with Crippen LogP contribution in [0.5, 0.6) is 0 Å². The number of benzene rings is 3. The van der Waals surface area contributed by atoms with Gasteiger partial charge < -0.3 is 0 Å². The molecule has 0 aliphatic heterocycles. The van der Waals surface area contributed by atoms with Crippen LogP contribution < -0.4 is 15.9 Å². The van der Waals surface area contributed by atoms with Gasteiger partial charge in [0.05, 0.1) is 0 Å². The van der Waals surface area contributed by atoms with Crippen molar-refractivity contribution in [3.63, 3.8) is 0 Å². The fourth-order valence-corrected chi connectivity index (χ4v) is 13.0. The van der Waals surface area contributed by atoms with Crippen molar-refractivity contribution >= 4 is 64.8 Å². The molecule has 0 saturated carbocycles. The van der Waals surface area contributed by atoms with E-state index in [1.807, 2.05) is 0 Å². The van der Waals surface area contributed by atoms with Crippen molar-refractivity contribution in [1.29, 1.82) is 0 Å². The second kappa shape index (κ2) is 13.2. The summed E-state index contributed by atoms with van der Waals surface area (Å²) in [5.74, 6) is 0. The zero-order valence-corrected chi connectivity index (χ0v) is 24.1. The zero-order valence-electron chi connectivity index (χ0n) is 18.9. The number of unbranched alkanes of at least 4 members (excludes halogenated alkanes) is 6. The van der Waals surface area contributed by atoms with Crippen LogP contribution in [0.2, 0.25) is 0 Å². The van der Waals surface area contributed by atoms with Crippen molar-refractivity contribution < 1.29 is 0 Å². The minimum absolute atomic E-state index is 1.06. The predicted molar refractivity (Wildman–Crippen MR) is 164 cm³/mol. The van der Waals surface area contributed by atoms with E-state index in [2.05, 4.69) is 148 Å². The van der Waals surface area contributed by atoms with Crippen molar-refractivity contribution in [3.05, 3.63) is 103 Å². The zero-order chi connectivity index (χ0) is 22.6. The molecule has 0 aliphatic rings. The molecule has 0 radical (unpaired) electrons. The number of rotatable bonds is 13. The molecule has 0 bridgehead atoms. The maximum absolute atomic E-state index is 2.87. The Balaban J connectivity index is 1.85. The van der Waals surface area contributed by atoms with E-state index < -0.39 is 4.25 Å². The van der Waals surface area contributed by atoms with Gasteiger partial charge in [-0.05, 0) is 0 Å². The van der Waals surface area contributed by atoms with Gasteiger partial charge in [-0.2, -0.15) is 0 Å². The van der Waals surface area contributed by atoms with Crippen LogP contribution in [0.25, 0.3) is 0 Å². The van der Waals surface area contributed by atoms with E-state index in [9.17, 15) is 0 Å². The monoisotopic (exact) mass is 668 g/mol. The Hall–Kier alpha value is -0.710. The van der Waals surface area contributed by atoms with Gasteiger partial charge in [0.15, 0.2) is 0 Å². The van der Waals surface area contributed by atoms with E-state index in [1.165, 1.54) is 65.3 Å². The number of allylic oxidation sites excluding steroid dienone is 2. The normalized spacial score (nSPS) is 13.1. The summed E-state index contributed by atoms with van der Waals surface area (Å²) in [4.78, 5) is 0. The van der Waals surface area contributed by atoms with Crippen LogP contribution in [0.3, 0.4) is 0 Å². The molecule has 32 heavy (non-hydrogen) atoms. The summed E-state index contributed by atoms with van der Waals surface area (Å²) in [6.45, 7) is 0. The molecule has 0 N–H and O–H groups in total. The number of hydrogen-bond acceptors (Lipinski definition) is 0. The van der Waals surface area contributed by atoms with E-state index >= 15 is 0 Å². The summed E-state index contributed by atoms with van der Waals surface area (Å²) < 4.78 is -1.35. The molecule has 0 heterocycles. The van der Waals surface area contributed by atoms with Crippen LogP contribution in [0.4, 0.5) is 0 Å². The van der Waals surface area contributed by atoms with Crippen LogP contribution in [0, 0.1) is 0 Å². The van der Waals surface area contributed by atoms with Crippen molar-refractivity contribution in [3.8, 4) is 0 Å². The quantitative estimate of drug-likeness (QED) is 0.0563. The molecule has 0 amide bonds. The van der Waals surface area contributed by atoms with Gasteiger partial charge in [-0.15, -0.1) is 0 Å². The van der Waals surface area contributed by atoms with E-state index in [1.54, 1.807) is 0 Å². The third-order valence-corrected chi connectivity index (χ3v) is 18.2. The van der Waals surface area contributed by atoms with Crippen LogP contribution in [0.15, 0.2) is 103 Å². The molecule has 3 aromatic carbocycles.